The summed E-state index contributed by atoms with van der Waals surface area (Å²) < 4.78 is 1.76. The molecule has 0 aliphatic carbocycles. The molecule has 0 atom stereocenters. The molecule has 2 aromatic rings. The van der Waals surface area contributed by atoms with Crippen LogP contribution in [0.3, 0.4) is 0 Å². The number of halogens is 3. The van der Waals surface area contributed by atoms with Crippen molar-refractivity contribution in [3.05, 3.63) is 27.7 Å². The summed E-state index contributed by atoms with van der Waals surface area (Å²) in [6.07, 6.45) is 3.41. The minimum absolute atomic E-state index is 0.120. The van der Waals surface area contributed by atoms with Crippen LogP contribution in [0.5, 0.6) is 0 Å². The monoisotopic (exact) mass is 262 g/mol. The molecule has 0 aliphatic rings. The van der Waals surface area contributed by atoms with Crippen LogP contribution >= 0.6 is 34.8 Å². The SMILES string of the molecule is Cn1ccnc1-c1nc(Cl)c(Cl)c(Cl)n1. The molecule has 0 unspecified atom stereocenters. The van der Waals surface area contributed by atoms with E-state index >= 15 is 0 Å². The normalized spacial score (nSPS) is 10.7. The molecule has 2 heterocycles. The average molecular weight is 264 g/mol. The first-order valence-corrected chi connectivity index (χ1v) is 5.09. The van der Waals surface area contributed by atoms with Crippen molar-refractivity contribution in [1.29, 1.82) is 0 Å². The Labute approximate surface area is 101 Å². The fraction of sp³-hybridized carbons (Fsp3) is 0.125. The van der Waals surface area contributed by atoms with Gasteiger partial charge in [-0.05, 0) is 0 Å². The van der Waals surface area contributed by atoms with E-state index in [4.69, 9.17) is 34.8 Å². The predicted molar refractivity (Wildman–Crippen MR) is 59.3 cm³/mol. The molecule has 0 saturated heterocycles. The zero-order chi connectivity index (χ0) is 11.0. The number of aromatic nitrogens is 4. The third-order valence-electron chi connectivity index (χ3n) is 1.79. The first-order valence-electron chi connectivity index (χ1n) is 3.96. The number of aryl methyl sites for hydroxylation is 1. The summed E-state index contributed by atoms with van der Waals surface area (Å²) in [4.78, 5) is 12.1. The zero-order valence-corrected chi connectivity index (χ0v) is 9.85. The second kappa shape index (κ2) is 3.96. The molecule has 0 spiro atoms. The Balaban J connectivity index is 2.60. The number of rotatable bonds is 1. The molecule has 0 amide bonds. The third-order valence-corrected chi connectivity index (χ3v) is 2.89. The highest BCUT2D eigenvalue weighted by Crippen LogP contribution is 2.28. The molecule has 0 saturated carbocycles. The smallest absolute Gasteiger partial charge is 0.198 e. The van der Waals surface area contributed by atoms with Crippen LogP contribution in [0, 0.1) is 0 Å². The molecule has 2 aromatic heterocycles. The van der Waals surface area contributed by atoms with Gasteiger partial charge in [-0.25, -0.2) is 15.0 Å². The second-order valence-corrected chi connectivity index (χ2v) is 3.90. The van der Waals surface area contributed by atoms with Crippen LogP contribution in [0.25, 0.3) is 11.6 Å². The lowest BCUT2D eigenvalue weighted by Gasteiger charge is -2.03. The van der Waals surface area contributed by atoms with Gasteiger partial charge in [-0.15, -0.1) is 0 Å². The van der Waals surface area contributed by atoms with Crippen LogP contribution in [0.15, 0.2) is 12.4 Å². The van der Waals surface area contributed by atoms with Crippen molar-refractivity contribution in [3.63, 3.8) is 0 Å². The van der Waals surface area contributed by atoms with E-state index in [1.807, 2.05) is 7.05 Å². The summed E-state index contributed by atoms with van der Waals surface area (Å²) >= 11 is 17.3. The van der Waals surface area contributed by atoms with Crippen LogP contribution in [0.1, 0.15) is 0 Å². The Bertz CT molecular complexity index is 485. The van der Waals surface area contributed by atoms with Crippen LogP contribution in [0.2, 0.25) is 15.3 Å². The van der Waals surface area contributed by atoms with Gasteiger partial charge in [0.15, 0.2) is 22.0 Å². The first kappa shape index (κ1) is 10.7. The average Bonchev–Trinajstić information content (AvgIpc) is 2.60. The van der Waals surface area contributed by atoms with Crippen molar-refractivity contribution >= 4 is 34.8 Å². The van der Waals surface area contributed by atoms with Gasteiger partial charge < -0.3 is 4.57 Å². The van der Waals surface area contributed by atoms with Crippen molar-refractivity contribution in [2.24, 2.45) is 7.05 Å². The highest BCUT2D eigenvalue weighted by Gasteiger charge is 2.13. The zero-order valence-electron chi connectivity index (χ0n) is 7.58. The largest absolute Gasteiger partial charge is 0.331 e. The summed E-state index contributed by atoms with van der Waals surface area (Å²) in [7, 11) is 1.82. The summed E-state index contributed by atoms with van der Waals surface area (Å²) in [5.41, 5.74) is 0. The Morgan fingerprint density at radius 3 is 2.20 bits per heavy atom. The first-order chi connectivity index (χ1) is 7.09. The lowest BCUT2D eigenvalue weighted by molar-refractivity contribution is 0.906. The van der Waals surface area contributed by atoms with E-state index in [1.165, 1.54) is 0 Å². The van der Waals surface area contributed by atoms with E-state index in [9.17, 15) is 0 Å². The molecule has 0 radical (unpaired) electrons. The van der Waals surface area contributed by atoms with Gasteiger partial charge in [0, 0.05) is 19.4 Å². The maximum absolute atomic E-state index is 5.78. The van der Waals surface area contributed by atoms with E-state index in [1.54, 1.807) is 17.0 Å². The van der Waals surface area contributed by atoms with Gasteiger partial charge >= 0.3 is 0 Å². The van der Waals surface area contributed by atoms with Gasteiger partial charge in [0.2, 0.25) is 0 Å². The number of hydrogen-bond acceptors (Lipinski definition) is 3. The predicted octanol–water partition coefficient (Wildman–Crippen LogP) is 2.84. The van der Waals surface area contributed by atoms with Crippen molar-refractivity contribution in [1.82, 2.24) is 19.5 Å². The molecule has 2 rings (SSSR count). The molecule has 0 aromatic carbocycles. The maximum atomic E-state index is 5.78. The van der Waals surface area contributed by atoms with Gasteiger partial charge in [-0.3, -0.25) is 0 Å². The molecule has 78 valence electrons. The Kier molecular flexibility index (Phi) is 2.82. The Morgan fingerprint density at radius 1 is 1.13 bits per heavy atom. The molecule has 4 nitrogen and oxygen atoms in total. The molecule has 0 bridgehead atoms. The van der Waals surface area contributed by atoms with E-state index in [0.717, 1.165) is 0 Å². The van der Waals surface area contributed by atoms with Crippen LogP contribution in [0.4, 0.5) is 0 Å². The number of imidazole rings is 1. The van der Waals surface area contributed by atoms with Crippen LogP contribution in [-0.2, 0) is 7.05 Å². The van der Waals surface area contributed by atoms with E-state index < -0.39 is 0 Å². The van der Waals surface area contributed by atoms with Gasteiger partial charge in [0.05, 0.1) is 0 Å². The number of hydrogen-bond donors (Lipinski definition) is 0. The minimum Gasteiger partial charge on any atom is -0.331 e. The second-order valence-electron chi connectivity index (χ2n) is 2.80. The van der Waals surface area contributed by atoms with Gasteiger partial charge in [0.1, 0.15) is 5.02 Å². The Morgan fingerprint density at radius 2 is 1.73 bits per heavy atom. The molecule has 0 fully saturated rings. The van der Waals surface area contributed by atoms with Crippen molar-refractivity contribution in [2.75, 3.05) is 0 Å². The van der Waals surface area contributed by atoms with E-state index in [-0.39, 0.29) is 15.3 Å². The lowest BCUT2D eigenvalue weighted by Crippen LogP contribution is -1.98. The molecular weight excluding hydrogens is 258 g/mol. The van der Waals surface area contributed by atoms with Gasteiger partial charge in [-0.2, -0.15) is 0 Å². The van der Waals surface area contributed by atoms with Crippen molar-refractivity contribution in [2.45, 2.75) is 0 Å². The molecule has 7 heteroatoms. The highest BCUT2D eigenvalue weighted by molar-refractivity contribution is 6.46. The van der Waals surface area contributed by atoms with Gasteiger partial charge in [0.25, 0.3) is 0 Å². The molecule has 15 heavy (non-hydrogen) atoms. The quantitative estimate of drug-likeness (QED) is 0.743. The molecular formula is C8H5Cl3N4. The lowest BCUT2D eigenvalue weighted by atomic mass is 10.5. The highest BCUT2D eigenvalue weighted by atomic mass is 35.5. The minimum atomic E-state index is 0.120. The molecule has 0 aliphatic heterocycles. The Hall–Kier alpha value is -0.840. The van der Waals surface area contributed by atoms with Crippen LogP contribution < -0.4 is 0 Å². The third kappa shape index (κ3) is 1.93. The van der Waals surface area contributed by atoms with Crippen molar-refractivity contribution < 1.29 is 0 Å². The summed E-state index contributed by atoms with van der Waals surface area (Å²) in [5, 5.41) is 0.389. The summed E-state index contributed by atoms with van der Waals surface area (Å²) in [5.74, 6) is 0.928. The molecule has 0 N–H and O–H groups in total. The van der Waals surface area contributed by atoms with Crippen molar-refractivity contribution in [3.8, 4) is 11.6 Å². The fourth-order valence-electron chi connectivity index (χ4n) is 1.08. The standard InChI is InChI=1S/C8H5Cl3N4/c1-15-3-2-12-8(15)7-13-5(10)4(9)6(11)14-7/h2-3H,1H3. The summed E-state index contributed by atoms with van der Waals surface area (Å²) in [6.45, 7) is 0. The van der Waals surface area contributed by atoms with Gasteiger partial charge in [-0.1, -0.05) is 34.8 Å². The van der Waals surface area contributed by atoms with E-state index in [2.05, 4.69) is 15.0 Å². The number of nitrogens with zero attached hydrogens (tertiary/aromatic N) is 4. The maximum Gasteiger partial charge on any atom is 0.198 e. The van der Waals surface area contributed by atoms with Crippen LogP contribution in [-0.4, -0.2) is 19.5 Å². The topological polar surface area (TPSA) is 43.6 Å². The summed E-state index contributed by atoms with van der Waals surface area (Å²) in [6, 6.07) is 0. The fourth-order valence-corrected chi connectivity index (χ4v) is 1.55. The van der Waals surface area contributed by atoms with E-state index in [0.29, 0.717) is 11.6 Å².